The molecule has 8 heteroatoms. The lowest BCUT2D eigenvalue weighted by atomic mass is 10.1. The number of H-pyrrole nitrogens is 1. The van der Waals surface area contributed by atoms with Gasteiger partial charge in [0, 0.05) is 30.8 Å². The first-order valence-corrected chi connectivity index (χ1v) is 8.09. The number of nitrogens with one attached hydrogen (secondary N) is 3. The van der Waals surface area contributed by atoms with E-state index < -0.39 is 0 Å². The SMILES string of the molecule is COc1ccc2nc(NC(=O)c3n[nH]c4c3CNCC4)sc2c1. The molecule has 7 nitrogen and oxygen atoms in total. The number of fused-ring (bicyclic) bond motifs is 2. The van der Waals surface area contributed by atoms with Crippen LogP contribution >= 0.6 is 11.3 Å². The fourth-order valence-corrected chi connectivity index (χ4v) is 3.54. The Morgan fingerprint density at radius 2 is 2.35 bits per heavy atom. The number of carbonyl (C=O) groups is 1. The lowest BCUT2D eigenvalue weighted by Gasteiger charge is -2.12. The Labute approximate surface area is 136 Å². The highest BCUT2D eigenvalue weighted by atomic mass is 32.1. The predicted molar refractivity (Wildman–Crippen MR) is 88.1 cm³/mol. The molecule has 2 aromatic heterocycles. The molecule has 23 heavy (non-hydrogen) atoms. The Balaban J connectivity index is 1.60. The van der Waals surface area contributed by atoms with Gasteiger partial charge in [-0.2, -0.15) is 5.10 Å². The van der Waals surface area contributed by atoms with Crippen molar-refractivity contribution in [3.05, 3.63) is 35.2 Å². The Kier molecular flexibility index (Phi) is 3.47. The molecule has 1 aromatic carbocycles. The summed E-state index contributed by atoms with van der Waals surface area (Å²) < 4.78 is 6.17. The lowest BCUT2D eigenvalue weighted by molar-refractivity contribution is 0.102. The minimum Gasteiger partial charge on any atom is -0.497 e. The van der Waals surface area contributed by atoms with Gasteiger partial charge in [0.05, 0.1) is 17.3 Å². The molecular weight excluding hydrogens is 314 g/mol. The fraction of sp³-hybridized carbons (Fsp3) is 0.267. The number of hydrogen-bond donors (Lipinski definition) is 3. The molecule has 1 aliphatic rings. The highest BCUT2D eigenvalue weighted by Gasteiger charge is 2.22. The number of hydrogen-bond acceptors (Lipinski definition) is 6. The van der Waals surface area contributed by atoms with E-state index in [2.05, 4.69) is 25.8 Å². The van der Waals surface area contributed by atoms with E-state index in [9.17, 15) is 4.79 Å². The zero-order valence-electron chi connectivity index (χ0n) is 12.5. The molecule has 0 aliphatic carbocycles. The highest BCUT2D eigenvalue weighted by molar-refractivity contribution is 7.22. The van der Waals surface area contributed by atoms with Gasteiger partial charge in [0.15, 0.2) is 10.8 Å². The number of thiazole rings is 1. The van der Waals surface area contributed by atoms with Crippen LogP contribution in [0.5, 0.6) is 5.75 Å². The van der Waals surface area contributed by atoms with Crippen LogP contribution in [0.1, 0.15) is 21.7 Å². The Bertz CT molecular complexity index is 885. The van der Waals surface area contributed by atoms with Gasteiger partial charge in [-0.15, -0.1) is 0 Å². The third-order valence-corrected chi connectivity index (χ3v) is 4.77. The summed E-state index contributed by atoms with van der Waals surface area (Å²) in [4.78, 5) is 16.9. The monoisotopic (exact) mass is 329 g/mol. The molecule has 1 aliphatic heterocycles. The summed E-state index contributed by atoms with van der Waals surface area (Å²) in [5, 5.41) is 13.8. The number of amides is 1. The highest BCUT2D eigenvalue weighted by Crippen LogP contribution is 2.29. The van der Waals surface area contributed by atoms with Crippen molar-refractivity contribution in [1.29, 1.82) is 0 Å². The molecule has 0 radical (unpaired) electrons. The second-order valence-corrected chi connectivity index (χ2v) is 6.29. The smallest absolute Gasteiger partial charge is 0.278 e. The van der Waals surface area contributed by atoms with Gasteiger partial charge in [-0.3, -0.25) is 15.2 Å². The van der Waals surface area contributed by atoms with Crippen LogP contribution in [-0.4, -0.2) is 34.7 Å². The summed E-state index contributed by atoms with van der Waals surface area (Å²) in [7, 11) is 1.62. The number of aromatic amines is 1. The summed E-state index contributed by atoms with van der Waals surface area (Å²) in [6, 6.07) is 5.63. The van der Waals surface area contributed by atoms with E-state index in [1.54, 1.807) is 7.11 Å². The minimum absolute atomic E-state index is 0.239. The molecule has 3 heterocycles. The molecular formula is C15H15N5O2S. The van der Waals surface area contributed by atoms with Gasteiger partial charge in [-0.05, 0) is 18.2 Å². The molecule has 1 amide bonds. The van der Waals surface area contributed by atoms with Crippen LogP contribution in [0, 0.1) is 0 Å². The van der Waals surface area contributed by atoms with Gasteiger partial charge in [-0.1, -0.05) is 11.3 Å². The Morgan fingerprint density at radius 3 is 3.22 bits per heavy atom. The van der Waals surface area contributed by atoms with Crippen LogP contribution in [0.2, 0.25) is 0 Å². The number of methoxy groups -OCH3 is 1. The molecule has 0 atom stereocenters. The molecule has 0 spiro atoms. The topological polar surface area (TPSA) is 91.9 Å². The quantitative estimate of drug-likeness (QED) is 0.683. The van der Waals surface area contributed by atoms with Gasteiger partial charge < -0.3 is 10.1 Å². The first-order valence-electron chi connectivity index (χ1n) is 7.27. The van der Waals surface area contributed by atoms with Crippen molar-refractivity contribution in [2.75, 3.05) is 19.0 Å². The van der Waals surface area contributed by atoms with Crippen LogP contribution in [0.25, 0.3) is 10.2 Å². The molecule has 0 fully saturated rings. The number of nitrogens with zero attached hydrogens (tertiary/aromatic N) is 2. The minimum atomic E-state index is -0.239. The standard InChI is InChI=1S/C15H15N5O2S/c1-22-8-2-3-11-12(6-8)23-15(17-11)18-14(21)13-9-7-16-5-4-10(9)19-20-13/h2-3,6,16H,4-5,7H2,1H3,(H,19,20)(H,17,18,21). The third kappa shape index (κ3) is 2.55. The van der Waals surface area contributed by atoms with Gasteiger partial charge >= 0.3 is 0 Å². The van der Waals surface area contributed by atoms with E-state index in [1.165, 1.54) is 11.3 Å². The molecule has 118 valence electrons. The lowest BCUT2D eigenvalue weighted by Crippen LogP contribution is -2.25. The van der Waals surface area contributed by atoms with E-state index in [0.717, 1.165) is 40.2 Å². The summed E-state index contributed by atoms with van der Waals surface area (Å²) in [5.41, 5.74) is 3.24. The van der Waals surface area contributed by atoms with E-state index in [1.807, 2.05) is 18.2 Å². The number of benzene rings is 1. The van der Waals surface area contributed by atoms with Gasteiger partial charge in [-0.25, -0.2) is 4.98 Å². The normalized spacial score (nSPS) is 13.8. The molecule has 0 unspecified atom stereocenters. The maximum atomic E-state index is 12.5. The van der Waals surface area contributed by atoms with Crippen LogP contribution in [0.4, 0.5) is 5.13 Å². The van der Waals surface area contributed by atoms with E-state index in [-0.39, 0.29) is 5.91 Å². The van der Waals surface area contributed by atoms with Crippen molar-refractivity contribution in [3.8, 4) is 5.75 Å². The van der Waals surface area contributed by atoms with Crippen molar-refractivity contribution in [2.45, 2.75) is 13.0 Å². The molecule has 4 rings (SSSR count). The summed E-state index contributed by atoms with van der Waals surface area (Å²) in [5.74, 6) is 0.531. The maximum Gasteiger partial charge on any atom is 0.278 e. The van der Waals surface area contributed by atoms with Gasteiger partial charge in [0.1, 0.15) is 5.75 Å². The van der Waals surface area contributed by atoms with Crippen molar-refractivity contribution < 1.29 is 9.53 Å². The summed E-state index contributed by atoms with van der Waals surface area (Å²) in [6.45, 7) is 1.56. The second kappa shape index (κ2) is 5.64. The average molecular weight is 329 g/mol. The van der Waals surface area contributed by atoms with Gasteiger partial charge in [0.25, 0.3) is 5.91 Å². The van der Waals surface area contributed by atoms with Crippen molar-refractivity contribution in [1.82, 2.24) is 20.5 Å². The first-order chi connectivity index (χ1) is 11.2. The van der Waals surface area contributed by atoms with Gasteiger partial charge in [0.2, 0.25) is 0 Å². The molecule has 0 bridgehead atoms. The number of rotatable bonds is 3. The van der Waals surface area contributed by atoms with Crippen LogP contribution in [-0.2, 0) is 13.0 Å². The van der Waals surface area contributed by atoms with Crippen LogP contribution in [0.3, 0.4) is 0 Å². The van der Waals surface area contributed by atoms with E-state index in [0.29, 0.717) is 17.4 Å². The molecule has 3 aromatic rings. The third-order valence-electron chi connectivity index (χ3n) is 3.84. The molecule has 0 saturated carbocycles. The van der Waals surface area contributed by atoms with Crippen molar-refractivity contribution in [3.63, 3.8) is 0 Å². The zero-order chi connectivity index (χ0) is 15.8. The fourth-order valence-electron chi connectivity index (χ4n) is 2.65. The second-order valence-electron chi connectivity index (χ2n) is 5.26. The summed E-state index contributed by atoms with van der Waals surface area (Å²) >= 11 is 1.41. The van der Waals surface area contributed by atoms with E-state index in [4.69, 9.17) is 4.74 Å². The number of carbonyl (C=O) groups excluding carboxylic acids is 1. The number of ether oxygens (including phenoxy) is 1. The maximum absolute atomic E-state index is 12.5. The zero-order valence-corrected chi connectivity index (χ0v) is 13.3. The van der Waals surface area contributed by atoms with Crippen LogP contribution in [0.15, 0.2) is 18.2 Å². The summed E-state index contributed by atoms with van der Waals surface area (Å²) in [6.07, 6.45) is 0.858. The number of anilines is 1. The Hall–Kier alpha value is -2.45. The van der Waals surface area contributed by atoms with Crippen molar-refractivity contribution in [2.24, 2.45) is 0 Å². The Morgan fingerprint density at radius 1 is 1.43 bits per heavy atom. The first kappa shape index (κ1) is 14.2. The molecule has 3 N–H and O–H groups in total. The van der Waals surface area contributed by atoms with E-state index >= 15 is 0 Å². The average Bonchev–Trinajstić information content (AvgIpc) is 3.17. The predicted octanol–water partition coefficient (Wildman–Crippen LogP) is 1.93. The largest absolute Gasteiger partial charge is 0.497 e. The number of aromatic nitrogens is 3. The molecule has 0 saturated heterocycles. The van der Waals surface area contributed by atoms with Crippen LogP contribution < -0.4 is 15.4 Å². The van der Waals surface area contributed by atoms with Crippen molar-refractivity contribution >= 4 is 32.6 Å².